The summed E-state index contributed by atoms with van der Waals surface area (Å²) in [5.41, 5.74) is 0. The summed E-state index contributed by atoms with van der Waals surface area (Å²) in [6.45, 7) is -0.245. The summed E-state index contributed by atoms with van der Waals surface area (Å²) in [6, 6.07) is 6.19. The number of carbonyl (C=O) groups excluding carboxylic acids is 1. The second-order valence-corrected chi connectivity index (χ2v) is 7.17. The van der Waals surface area contributed by atoms with Gasteiger partial charge in [0.2, 0.25) is 15.9 Å². The molecule has 1 amide bonds. The van der Waals surface area contributed by atoms with Gasteiger partial charge in [-0.15, -0.1) is 0 Å². The number of methoxy groups -OCH3 is 1. The van der Waals surface area contributed by atoms with Gasteiger partial charge in [0.15, 0.2) is 0 Å². The van der Waals surface area contributed by atoms with Gasteiger partial charge < -0.3 is 10.1 Å². The molecule has 6 nitrogen and oxygen atoms in total. The van der Waals surface area contributed by atoms with Crippen molar-refractivity contribution in [1.82, 2.24) is 10.0 Å². The lowest BCUT2D eigenvalue weighted by atomic mass is 9.95. The Bertz CT molecular complexity index is 592. The predicted octanol–water partition coefficient (Wildman–Crippen LogP) is 1.42. The van der Waals surface area contributed by atoms with Crippen LogP contribution in [-0.2, 0) is 14.8 Å². The molecule has 22 heavy (non-hydrogen) atoms. The number of ether oxygens (including phenoxy) is 1. The smallest absolute Gasteiger partial charge is 0.241 e. The molecular weight excluding hydrogens is 304 g/mol. The van der Waals surface area contributed by atoms with Crippen LogP contribution >= 0.6 is 0 Å². The van der Waals surface area contributed by atoms with Gasteiger partial charge in [-0.25, -0.2) is 13.1 Å². The number of carbonyl (C=O) groups is 1. The van der Waals surface area contributed by atoms with E-state index in [4.69, 9.17) is 4.74 Å². The van der Waals surface area contributed by atoms with Crippen LogP contribution in [0.5, 0.6) is 5.75 Å². The molecule has 0 bridgehead atoms. The van der Waals surface area contributed by atoms with Gasteiger partial charge >= 0.3 is 0 Å². The lowest BCUT2D eigenvalue weighted by Crippen LogP contribution is -2.42. The van der Waals surface area contributed by atoms with Gasteiger partial charge in [-0.2, -0.15) is 0 Å². The Kier molecular flexibility index (Phi) is 5.79. The molecule has 122 valence electrons. The van der Waals surface area contributed by atoms with E-state index in [0.717, 1.165) is 25.7 Å². The van der Waals surface area contributed by atoms with Crippen LogP contribution in [0.3, 0.4) is 0 Å². The Morgan fingerprint density at radius 3 is 2.41 bits per heavy atom. The molecule has 1 aromatic carbocycles. The quantitative estimate of drug-likeness (QED) is 0.828. The van der Waals surface area contributed by atoms with Crippen LogP contribution in [0.2, 0.25) is 0 Å². The average Bonchev–Trinajstić information content (AvgIpc) is 2.54. The lowest BCUT2D eigenvalue weighted by Gasteiger charge is -2.22. The summed E-state index contributed by atoms with van der Waals surface area (Å²) in [7, 11) is -2.18. The van der Waals surface area contributed by atoms with Crippen molar-refractivity contribution >= 4 is 15.9 Å². The highest BCUT2D eigenvalue weighted by Crippen LogP contribution is 2.17. The zero-order valence-corrected chi connectivity index (χ0v) is 13.5. The van der Waals surface area contributed by atoms with Gasteiger partial charge in [0.1, 0.15) is 5.75 Å². The van der Waals surface area contributed by atoms with Crippen LogP contribution in [0.25, 0.3) is 0 Å². The van der Waals surface area contributed by atoms with Crippen LogP contribution in [0.1, 0.15) is 32.1 Å². The highest BCUT2D eigenvalue weighted by atomic mass is 32.2. The maximum absolute atomic E-state index is 12.1. The van der Waals surface area contributed by atoms with Gasteiger partial charge in [0.25, 0.3) is 0 Å². The Balaban J connectivity index is 1.86. The molecule has 2 rings (SSSR count). The first-order valence-electron chi connectivity index (χ1n) is 7.44. The van der Waals surface area contributed by atoms with E-state index >= 15 is 0 Å². The zero-order valence-electron chi connectivity index (χ0n) is 12.7. The third-order valence-electron chi connectivity index (χ3n) is 3.76. The first-order chi connectivity index (χ1) is 10.5. The lowest BCUT2D eigenvalue weighted by molar-refractivity contribution is -0.120. The van der Waals surface area contributed by atoms with Crippen molar-refractivity contribution in [3.05, 3.63) is 24.3 Å². The SMILES string of the molecule is COc1ccc(S(=O)(=O)NCC(=O)NC2CCCCC2)cc1. The molecule has 7 heteroatoms. The van der Waals surface area contributed by atoms with Crippen LogP contribution in [0.4, 0.5) is 0 Å². The van der Waals surface area contributed by atoms with Crippen LogP contribution in [0, 0.1) is 0 Å². The van der Waals surface area contributed by atoms with Crippen LogP contribution < -0.4 is 14.8 Å². The first-order valence-corrected chi connectivity index (χ1v) is 8.92. The summed E-state index contributed by atoms with van der Waals surface area (Å²) < 4.78 is 31.5. The van der Waals surface area contributed by atoms with Crippen molar-refractivity contribution in [3.8, 4) is 5.75 Å². The fraction of sp³-hybridized carbons (Fsp3) is 0.533. The highest BCUT2D eigenvalue weighted by molar-refractivity contribution is 7.89. The molecule has 0 atom stereocenters. The van der Waals surface area contributed by atoms with E-state index in [9.17, 15) is 13.2 Å². The zero-order chi connectivity index (χ0) is 16.0. The number of hydrogen-bond acceptors (Lipinski definition) is 4. The number of hydrogen-bond donors (Lipinski definition) is 2. The standard InChI is InChI=1S/C15H22N2O4S/c1-21-13-7-9-14(10-8-13)22(19,20)16-11-15(18)17-12-5-3-2-4-6-12/h7-10,12,16H,2-6,11H2,1H3,(H,17,18). The number of nitrogens with one attached hydrogen (secondary N) is 2. The van der Waals surface area contributed by atoms with Crippen LogP contribution in [0.15, 0.2) is 29.2 Å². The van der Waals surface area contributed by atoms with E-state index in [0.29, 0.717) is 5.75 Å². The molecular formula is C15H22N2O4S. The maximum atomic E-state index is 12.1. The van der Waals surface area contributed by atoms with E-state index in [-0.39, 0.29) is 23.4 Å². The van der Waals surface area contributed by atoms with Gasteiger partial charge in [-0.3, -0.25) is 4.79 Å². The summed E-state index contributed by atoms with van der Waals surface area (Å²) in [5, 5.41) is 2.88. The fourth-order valence-corrected chi connectivity index (χ4v) is 3.51. The monoisotopic (exact) mass is 326 g/mol. The fourth-order valence-electron chi connectivity index (χ4n) is 2.52. The molecule has 0 saturated heterocycles. The van der Waals surface area contributed by atoms with E-state index in [1.165, 1.54) is 25.7 Å². The van der Waals surface area contributed by atoms with Crippen molar-refractivity contribution < 1.29 is 17.9 Å². The van der Waals surface area contributed by atoms with Crippen molar-refractivity contribution in [2.75, 3.05) is 13.7 Å². The predicted molar refractivity (Wildman–Crippen MR) is 83.2 cm³/mol. The second kappa shape index (κ2) is 7.60. The largest absolute Gasteiger partial charge is 0.497 e. The molecule has 1 fully saturated rings. The number of benzene rings is 1. The third-order valence-corrected chi connectivity index (χ3v) is 5.18. The van der Waals surface area contributed by atoms with E-state index in [2.05, 4.69) is 10.0 Å². The van der Waals surface area contributed by atoms with Crippen molar-refractivity contribution in [3.63, 3.8) is 0 Å². The van der Waals surface area contributed by atoms with Crippen molar-refractivity contribution in [2.45, 2.75) is 43.0 Å². The third kappa shape index (κ3) is 4.71. The molecule has 0 spiro atoms. The van der Waals surface area contributed by atoms with Gasteiger partial charge in [0.05, 0.1) is 18.6 Å². The molecule has 0 aliphatic heterocycles. The molecule has 0 radical (unpaired) electrons. The topological polar surface area (TPSA) is 84.5 Å². The minimum absolute atomic E-state index is 0.110. The molecule has 1 aromatic rings. The van der Waals surface area contributed by atoms with Gasteiger partial charge in [-0.05, 0) is 37.1 Å². The van der Waals surface area contributed by atoms with E-state index in [1.54, 1.807) is 12.1 Å². The summed E-state index contributed by atoms with van der Waals surface area (Å²) in [4.78, 5) is 11.9. The Hall–Kier alpha value is -1.60. The number of amides is 1. The molecule has 1 aliphatic carbocycles. The van der Waals surface area contributed by atoms with Crippen LogP contribution in [-0.4, -0.2) is 34.0 Å². The maximum Gasteiger partial charge on any atom is 0.241 e. The summed E-state index contributed by atoms with van der Waals surface area (Å²) >= 11 is 0. The summed E-state index contributed by atoms with van der Waals surface area (Å²) in [6.07, 6.45) is 5.37. The highest BCUT2D eigenvalue weighted by Gasteiger charge is 2.18. The van der Waals surface area contributed by atoms with Gasteiger partial charge in [-0.1, -0.05) is 19.3 Å². The first kappa shape index (κ1) is 16.8. The molecule has 0 unspecified atom stereocenters. The molecule has 1 saturated carbocycles. The summed E-state index contributed by atoms with van der Waals surface area (Å²) in [5.74, 6) is 0.290. The number of rotatable bonds is 6. The van der Waals surface area contributed by atoms with E-state index in [1.807, 2.05) is 0 Å². The molecule has 0 heterocycles. The van der Waals surface area contributed by atoms with E-state index < -0.39 is 10.0 Å². The normalized spacial score (nSPS) is 16.2. The Morgan fingerprint density at radius 1 is 1.18 bits per heavy atom. The number of sulfonamides is 1. The minimum atomic E-state index is -3.69. The van der Waals surface area contributed by atoms with Crippen molar-refractivity contribution in [2.24, 2.45) is 0 Å². The Morgan fingerprint density at radius 2 is 1.82 bits per heavy atom. The second-order valence-electron chi connectivity index (χ2n) is 5.40. The van der Waals surface area contributed by atoms with Gasteiger partial charge in [0, 0.05) is 6.04 Å². The average molecular weight is 326 g/mol. The Labute approximate surface area is 131 Å². The molecule has 2 N–H and O–H groups in total. The molecule has 0 aromatic heterocycles. The van der Waals surface area contributed by atoms with Crippen molar-refractivity contribution in [1.29, 1.82) is 0 Å². The minimum Gasteiger partial charge on any atom is -0.497 e. The molecule has 1 aliphatic rings.